The van der Waals surface area contributed by atoms with Crippen molar-refractivity contribution >= 4 is 5.91 Å². The molecular formula is C15H18F3N3O3. The number of rotatable bonds is 5. The number of aryl methyl sites for hydroxylation is 3. The van der Waals surface area contributed by atoms with Gasteiger partial charge in [-0.3, -0.25) is 4.79 Å². The van der Waals surface area contributed by atoms with Gasteiger partial charge in [0, 0.05) is 32.4 Å². The fraction of sp³-hybridized carbons (Fsp3) is 0.467. The molecule has 2 N–H and O–H groups in total. The zero-order valence-corrected chi connectivity index (χ0v) is 13.4. The highest BCUT2D eigenvalue weighted by Crippen LogP contribution is 2.40. The maximum atomic E-state index is 13.3. The van der Waals surface area contributed by atoms with Crippen LogP contribution in [0.25, 0.3) is 0 Å². The topological polar surface area (TPSA) is 80.3 Å². The molecule has 0 aliphatic heterocycles. The minimum Gasteiger partial charge on any atom is -0.466 e. The van der Waals surface area contributed by atoms with Crippen molar-refractivity contribution in [2.45, 2.75) is 32.0 Å². The quantitative estimate of drug-likeness (QED) is 0.871. The van der Waals surface area contributed by atoms with Crippen LogP contribution in [0.3, 0.4) is 0 Å². The molecule has 1 amide bonds. The molecule has 0 saturated heterocycles. The van der Waals surface area contributed by atoms with Crippen LogP contribution in [-0.2, 0) is 12.6 Å². The highest BCUT2D eigenvalue weighted by molar-refractivity contribution is 5.95. The van der Waals surface area contributed by atoms with Crippen molar-refractivity contribution in [3.05, 3.63) is 41.4 Å². The first-order valence-electron chi connectivity index (χ1n) is 7.18. The smallest absolute Gasteiger partial charge is 0.424 e. The van der Waals surface area contributed by atoms with Gasteiger partial charge in [0.2, 0.25) is 5.60 Å². The molecule has 0 aliphatic carbocycles. The number of nitrogens with zero attached hydrogens (tertiary/aromatic N) is 2. The SMILES string of the molecule is Cc1cc(C(=O)NCCC(O)(c2nccn2C)C(F)(F)F)c(C)o1. The van der Waals surface area contributed by atoms with Crippen LogP contribution in [0.5, 0.6) is 0 Å². The number of halogens is 3. The Morgan fingerprint density at radius 1 is 1.42 bits per heavy atom. The number of hydrogen-bond acceptors (Lipinski definition) is 4. The van der Waals surface area contributed by atoms with E-state index in [1.807, 2.05) is 0 Å². The van der Waals surface area contributed by atoms with E-state index >= 15 is 0 Å². The fourth-order valence-electron chi connectivity index (χ4n) is 2.45. The van der Waals surface area contributed by atoms with Crippen LogP contribution in [0.1, 0.15) is 34.1 Å². The average molecular weight is 345 g/mol. The predicted molar refractivity (Wildman–Crippen MR) is 78.3 cm³/mol. The number of carbonyl (C=O) groups excluding carboxylic acids is 1. The summed E-state index contributed by atoms with van der Waals surface area (Å²) >= 11 is 0. The number of hydrogen-bond donors (Lipinski definition) is 2. The van der Waals surface area contributed by atoms with Gasteiger partial charge in [0.05, 0.1) is 5.56 Å². The van der Waals surface area contributed by atoms with Gasteiger partial charge in [-0.05, 0) is 19.9 Å². The van der Waals surface area contributed by atoms with Crippen molar-refractivity contribution in [2.24, 2.45) is 7.05 Å². The first-order chi connectivity index (χ1) is 11.1. The molecule has 0 radical (unpaired) electrons. The minimum absolute atomic E-state index is 0.250. The van der Waals surface area contributed by atoms with Gasteiger partial charge in [0.1, 0.15) is 17.3 Å². The fourth-order valence-corrected chi connectivity index (χ4v) is 2.45. The van der Waals surface area contributed by atoms with Crippen molar-refractivity contribution in [3.8, 4) is 0 Å². The van der Waals surface area contributed by atoms with E-state index in [9.17, 15) is 23.1 Å². The van der Waals surface area contributed by atoms with E-state index in [2.05, 4.69) is 10.3 Å². The number of alkyl halides is 3. The molecule has 0 bridgehead atoms. The highest BCUT2D eigenvalue weighted by atomic mass is 19.4. The molecule has 9 heteroatoms. The van der Waals surface area contributed by atoms with Crippen LogP contribution >= 0.6 is 0 Å². The lowest BCUT2D eigenvalue weighted by Gasteiger charge is -2.29. The molecule has 0 fully saturated rings. The Balaban J connectivity index is 2.11. The van der Waals surface area contributed by atoms with Crippen molar-refractivity contribution in [1.82, 2.24) is 14.9 Å². The summed E-state index contributed by atoms with van der Waals surface area (Å²) in [5.41, 5.74) is -2.90. The largest absolute Gasteiger partial charge is 0.466 e. The van der Waals surface area contributed by atoms with Crippen molar-refractivity contribution in [3.63, 3.8) is 0 Å². The van der Waals surface area contributed by atoms with E-state index in [0.717, 1.165) is 4.57 Å². The first-order valence-corrected chi connectivity index (χ1v) is 7.18. The summed E-state index contributed by atoms with van der Waals surface area (Å²) in [7, 11) is 1.36. The molecule has 1 unspecified atom stereocenters. The van der Waals surface area contributed by atoms with Gasteiger partial charge in [-0.25, -0.2) is 4.98 Å². The summed E-state index contributed by atoms with van der Waals surface area (Å²) in [6.45, 7) is 2.86. The van der Waals surface area contributed by atoms with E-state index in [-0.39, 0.29) is 12.1 Å². The summed E-state index contributed by atoms with van der Waals surface area (Å²) in [5, 5.41) is 12.5. The number of imidazole rings is 1. The summed E-state index contributed by atoms with van der Waals surface area (Å²) < 4.78 is 46.3. The third-order valence-corrected chi connectivity index (χ3v) is 3.72. The molecule has 2 heterocycles. The molecule has 0 saturated carbocycles. The van der Waals surface area contributed by atoms with E-state index in [1.54, 1.807) is 13.8 Å². The Morgan fingerprint density at radius 2 is 2.08 bits per heavy atom. The molecule has 132 valence electrons. The summed E-state index contributed by atoms with van der Waals surface area (Å²) in [4.78, 5) is 15.6. The standard InChI is InChI=1S/C15H18F3N3O3/c1-9-8-11(10(2)24-9)12(22)19-5-4-14(23,15(16,17)18)13-20-6-7-21(13)3/h6-8,23H,4-5H2,1-3H3,(H,19,22). The van der Waals surface area contributed by atoms with Crippen LogP contribution < -0.4 is 5.32 Å². The number of carbonyl (C=O) groups is 1. The Labute approximate surface area is 136 Å². The molecule has 0 aliphatic rings. The van der Waals surface area contributed by atoms with Crippen molar-refractivity contribution in [1.29, 1.82) is 0 Å². The second kappa shape index (κ2) is 6.31. The predicted octanol–water partition coefficient (Wildman–Crippen LogP) is 2.20. The molecule has 2 aromatic rings. The maximum Gasteiger partial charge on any atom is 0.424 e. The Hall–Kier alpha value is -2.29. The molecule has 0 aromatic carbocycles. The van der Waals surface area contributed by atoms with Gasteiger partial charge in [-0.2, -0.15) is 13.2 Å². The number of aliphatic hydroxyl groups is 1. The second-order valence-corrected chi connectivity index (χ2v) is 5.55. The van der Waals surface area contributed by atoms with Crippen LogP contribution in [-0.4, -0.2) is 33.3 Å². The third kappa shape index (κ3) is 3.30. The monoisotopic (exact) mass is 345 g/mol. The van der Waals surface area contributed by atoms with Crippen LogP contribution in [0, 0.1) is 13.8 Å². The average Bonchev–Trinajstić information content (AvgIpc) is 3.03. The molecular weight excluding hydrogens is 327 g/mol. The lowest BCUT2D eigenvalue weighted by molar-refractivity contribution is -0.272. The molecule has 24 heavy (non-hydrogen) atoms. The van der Waals surface area contributed by atoms with Gasteiger partial charge in [-0.1, -0.05) is 0 Å². The number of aromatic nitrogens is 2. The van der Waals surface area contributed by atoms with Gasteiger partial charge in [0.15, 0.2) is 0 Å². The molecule has 6 nitrogen and oxygen atoms in total. The Morgan fingerprint density at radius 3 is 2.54 bits per heavy atom. The molecule has 2 rings (SSSR count). The molecule has 0 spiro atoms. The lowest BCUT2D eigenvalue weighted by Crippen LogP contribution is -2.46. The van der Waals surface area contributed by atoms with Crippen molar-refractivity contribution < 1.29 is 27.5 Å². The number of furan rings is 1. The minimum atomic E-state index is -4.93. The summed E-state index contributed by atoms with van der Waals surface area (Å²) in [6, 6.07) is 1.50. The van der Waals surface area contributed by atoms with Gasteiger partial charge < -0.3 is 19.4 Å². The summed E-state index contributed by atoms with van der Waals surface area (Å²) in [5.74, 6) is -0.189. The first kappa shape index (κ1) is 18.1. The highest BCUT2D eigenvalue weighted by Gasteiger charge is 2.57. The van der Waals surface area contributed by atoms with E-state index < -0.39 is 29.9 Å². The van der Waals surface area contributed by atoms with Crippen LogP contribution in [0.2, 0.25) is 0 Å². The summed E-state index contributed by atoms with van der Waals surface area (Å²) in [6.07, 6.45) is -3.22. The molecule has 1 atom stereocenters. The van der Waals surface area contributed by atoms with E-state index in [4.69, 9.17) is 4.42 Å². The van der Waals surface area contributed by atoms with Crippen LogP contribution in [0.4, 0.5) is 13.2 Å². The molecule has 2 aromatic heterocycles. The van der Waals surface area contributed by atoms with Gasteiger partial charge in [-0.15, -0.1) is 0 Å². The van der Waals surface area contributed by atoms with Gasteiger partial charge >= 0.3 is 6.18 Å². The maximum absolute atomic E-state index is 13.3. The van der Waals surface area contributed by atoms with E-state index in [1.165, 1.54) is 25.5 Å². The Bertz CT molecular complexity index is 736. The normalized spacial score (nSPS) is 14.5. The Kier molecular flexibility index (Phi) is 4.75. The zero-order valence-electron chi connectivity index (χ0n) is 13.4. The number of amides is 1. The second-order valence-electron chi connectivity index (χ2n) is 5.55. The number of nitrogens with one attached hydrogen (secondary N) is 1. The van der Waals surface area contributed by atoms with Crippen LogP contribution in [0.15, 0.2) is 22.9 Å². The van der Waals surface area contributed by atoms with Gasteiger partial charge in [0.25, 0.3) is 5.91 Å². The van der Waals surface area contributed by atoms with E-state index in [0.29, 0.717) is 11.5 Å². The third-order valence-electron chi connectivity index (χ3n) is 3.72. The van der Waals surface area contributed by atoms with Crippen molar-refractivity contribution in [2.75, 3.05) is 6.54 Å². The lowest BCUT2D eigenvalue weighted by atomic mass is 9.97. The zero-order chi connectivity index (χ0) is 18.1.